The largest absolute Gasteiger partial charge is 0.472 e. The molecule has 3 unspecified atom stereocenters. The van der Waals surface area contributed by atoms with Gasteiger partial charge in [0.25, 0.3) is 0 Å². The van der Waals surface area contributed by atoms with Crippen LogP contribution < -0.4 is 5.32 Å². The summed E-state index contributed by atoms with van der Waals surface area (Å²) in [6.07, 6.45) is 72.1. The van der Waals surface area contributed by atoms with Gasteiger partial charge in [0.2, 0.25) is 5.91 Å². The van der Waals surface area contributed by atoms with Gasteiger partial charge in [-0.1, -0.05) is 220 Å². The Labute approximate surface area is 448 Å². The summed E-state index contributed by atoms with van der Waals surface area (Å²) < 4.78 is 30.5. The lowest BCUT2D eigenvalue weighted by atomic mass is 10.0. The molecule has 1 amide bonds. The molecule has 73 heavy (non-hydrogen) atoms. The molecule has 0 aromatic heterocycles. The first kappa shape index (κ1) is 69.4. The van der Waals surface area contributed by atoms with Gasteiger partial charge < -0.3 is 19.4 Å². The Balaban J connectivity index is 5.49. The number of hydrogen-bond acceptors (Lipinski definition) is 6. The van der Waals surface area contributed by atoms with Gasteiger partial charge in [-0.15, -0.1) is 0 Å². The van der Waals surface area contributed by atoms with Crippen LogP contribution >= 0.6 is 7.82 Å². The van der Waals surface area contributed by atoms with Crippen LogP contribution in [-0.4, -0.2) is 74.3 Å². The maximum Gasteiger partial charge on any atom is 0.472 e. The fraction of sp³-hybridized carbons (Fsp3) is 0.651. The standard InChI is InChI=1S/C63H107N2O7P/c1-7-10-13-16-19-22-25-28-30-32-33-34-36-38-41-44-47-50-53-56-63(67)72-61(54-51-48-45-42-39-27-24-21-18-15-12-9-3)60(59-71-73(68,69)70-58-57-65(4,5)6)64-62(66)55-52-49-46-43-40-37-35-31-29-26-23-20-17-14-11-8-2/h10-11,13-14,19-20,22-23,28-31,33-34,38,41,47,50-51,54,60-61H,7-9,12,15-18,21,24-27,32,35-37,39-40,42-46,48-49,52-53,55-59H2,1-6H3,(H-,64,66,68,69)/p+1/b13-10-,14-11+,22-19-,23-20+,30-28-,31-29+,34-33-,41-38-,50-47-,54-51+. The summed E-state index contributed by atoms with van der Waals surface area (Å²) >= 11 is 0. The summed E-state index contributed by atoms with van der Waals surface area (Å²) in [6.45, 7) is 6.70. The first-order valence-electron chi connectivity index (χ1n) is 28.9. The molecular formula is C63H108N2O7P+. The van der Waals surface area contributed by atoms with Crippen molar-refractivity contribution in [3.63, 3.8) is 0 Å². The number of phosphoric acid groups is 1. The fourth-order valence-electron chi connectivity index (χ4n) is 7.51. The van der Waals surface area contributed by atoms with E-state index in [0.717, 1.165) is 122 Å². The molecule has 0 aliphatic rings. The Morgan fingerprint density at radius 1 is 0.493 bits per heavy atom. The lowest BCUT2D eigenvalue weighted by Gasteiger charge is -2.27. The van der Waals surface area contributed by atoms with Crippen LogP contribution in [0.15, 0.2) is 122 Å². The van der Waals surface area contributed by atoms with Crippen molar-refractivity contribution in [1.29, 1.82) is 0 Å². The van der Waals surface area contributed by atoms with Crippen LogP contribution in [0.2, 0.25) is 0 Å². The number of nitrogens with zero attached hydrogens (tertiary/aromatic N) is 1. The molecule has 0 radical (unpaired) electrons. The lowest BCUT2D eigenvalue weighted by molar-refractivity contribution is -0.870. The third-order valence-corrected chi connectivity index (χ3v) is 12.9. The predicted octanol–water partition coefficient (Wildman–Crippen LogP) is 17.5. The van der Waals surface area contributed by atoms with Crippen LogP contribution in [0.4, 0.5) is 0 Å². The van der Waals surface area contributed by atoms with Crippen molar-refractivity contribution >= 4 is 19.7 Å². The van der Waals surface area contributed by atoms with Crippen LogP contribution in [0.25, 0.3) is 0 Å². The topological polar surface area (TPSA) is 111 Å². The molecule has 0 aromatic carbocycles. The highest BCUT2D eigenvalue weighted by Crippen LogP contribution is 2.43. The quantitative estimate of drug-likeness (QED) is 0.0205. The lowest BCUT2D eigenvalue weighted by Crippen LogP contribution is -2.47. The number of carbonyl (C=O) groups is 2. The van der Waals surface area contributed by atoms with Crippen LogP contribution in [0.3, 0.4) is 0 Å². The third-order valence-electron chi connectivity index (χ3n) is 11.9. The van der Waals surface area contributed by atoms with E-state index >= 15 is 0 Å². The molecule has 0 saturated carbocycles. The van der Waals surface area contributed by atoms with E-state index in [1.54, 1.807) is 0 Å². The average Bonchev–Trinajstić information content (AvgIpc) is 3.35. The van der Waals surface area contributed by atoms with Gasteiger partial charge >= 0.3 is 13.8 Å². The second-order valence-electron chi connectivity index (χ2n) is 20.0. The molecule has 0 saturated heterocycles. The first-order valence-corrected chi connectivity index (χ1v) is 30.4. The van der Waals surface area contributed by atoms with Crippen molar-refractivity contribution in [3.8, 4) is 0 Å². The normalized spacial score (nSPS) is 14.7. The van der Waals surface area contributed by atoms with E-state index in [4.69, 9.17) is 13.8 Å². The van der Waals surface area contributed by atoms with E-state index in [9.17, 15) is 19.0 Å². The summed E-state index contributed by atoms with van der Waals surface area (Å²) in [6, 6.07) is -0.893. The Hall–Kier alpha value is -3.59. The van der Waals surface area contributed by atoms with Gasteiger partial charge in [0, 0.05) is 12.8 Å². The molecule has 416 valence electrons. The number of carbonyl (C=O) groups excluding carboxylic acids is 2. The molecule has 0 aliphatic carbocycles. The highest BCUT2D eigenvalue weighted by molar-refractivity contribution is 7.47. The minimum absolute atomic E-state index is 0.0196. The highest BCUT2D eigenvalue weighted by atomic mass is 31.2. The number of quaternary nitrogens is 1. The number of likely N-dealkylation sites (N-methyl/N-ethyl adjacent to an activating group) is 1. The average molecular weight is 1040 g/mol. The summed E-state index contributed by atoms with van der Waals surface area (Å²) in [5.41, 5.74) is 0. The minimum Gasteiger partial charge on any atom is -0.456 e. The van der Waals surface area contributed by atoms with Gasteiger partial charge in [0.1, 0.15) is 19.3 Å². The molecule has 10 heteroatoms. The second-order valence-corrected chi connectivity index (χ2v) is 21.5. The Morgan fingerprint density at radius 2 is 0.890 bits per heavy atom. The molecule has 0 heterocycles. The highest BCUT2D eigenvalue weighted by Gasteiger charge is 2.30. The molecule has 0 spiro atoms. The number of allylic oxidation sites excluding steroid dienone is 19. The van der Waals surface area contributed by atoms with Crippen LogP contribution in [0.1, 0.15) is 213 Å². The van der Waals surface area contributed by atoms with Crippen LogP contribution in [0, 0.1) is 0 Å². The zero-order chi connectivity index (χ0) is 53.6. The maximum atomic E-state index is 13.5. The van der Waals surface area contributed by atoms with Gasteiger partial charge in [-0.2, -0.15) is 0 Å². The summed E-state index contributed by atoms with van der Waals surface area (Å²) in [4.78, 5) is 37.6. The monoisotopic (exact) mass is 1040 g/mol. The molecule has 0 fully saturated rings. The van der Waals surface area contributed by atoms with Crippen molar-refractivity contribution in [2.45, 2.75) is 226 Å². The minimum atomic E-state index is -4.47. The van der Waals surface area contributed by atoms with Gasteiger partial charge in [0.05, 0.1) is 33.8 Å². The Kier molecular flexibility index (Phi) is 49.3. The number of hydrogen-bond donors (Lipinski definition) is 2. The van der Waals surface area contributed by atoms with E-state index < -0.39 is 25.9 Å². The van der Waals surface area contributed by atoms with Crippen molar-refractivity contribution < 1.29 is 37.3 Å². The SMILES string of the molecule is CC/C=C\C/C=C\C/C=C\C/C=C\C/C=C\C/C=C\CCC(=O)OC(/C=C/CCCCCCCCCCCC)C(COP(=O)(O)OCC[N+](C)(C)C)NC(=O)CCCCCCCC/C=C/C/C=C/C/C=C/CC. The number of ether oxygens (including phenoxy) is 1. The second kappa shape index (κ2) is 51.9. The van der Waals surface area contributed by atoms with E-state index in [1.165, 1.54) is 51.4 Å². The third kappa shape index (κ3) is 53.1. The van der Waals surface area contributed by atoms with E-state index in [2.05, 4.69) is 123 Å². The van der Waals surface area contributed by atoms with Crippen molar-refractivity contribution in [2.75, 3.05) is 40.9 Å². The Morgan fingerprint density at radius 3 is 1.34 bits per heavy atom. The van der Waals surface area contributed by atoms with Crippen molar-refractivity contribution in [2.24, 2.45) is 0 Å². The molecule has 0 aliphatic heterocycles. The summed E-state index contributed by atoms with van der Waals surface area (Å²) in [5.74, 6) is -0.628. The molecule has 2 N–H and O–H groups in total. The molecular weight excluding hydrogens is 928 g/mol. The van der Waals surface area contributed by atoms with Crippen molar-refractivity contribution in [3.05, 3.63) is 122 Å². The zero-order valence-corrected chi connectivity index (χ0v) is 48.2. The number of phosphoric ester groups is 1. The number of esters is 1. The van der Waals surface area contributed by atoms with Crippen LogP contribution in [-0.2, 0) is 27.9 Å². The molecule has 3 atom stereocenters. The summed E-state index contributed by atoms with van der Waals surface area (Å²) in [7, 11) is 1.43. The van der Waals surface area contributed by atoms with Gasteiger partial charge in [-0.3, -0.25) is 18.6 Å². The molecule has 9 nitrogen and oxygen atoms in total. The number of nitrogens with one attached hydrogen (secondary N) is 1. The number of rotatable bonds is 50. The molecule has 0 bridgehead atoms. The van der Waals surface area contributed by atoms with Crippen molar-refractivity contribution in [1.82, 2.24) is 5.32 Å². The van der Waals surface area contributed by atoms with E-state index in [0.29, 0.717) is 23.9 Å². The van der Waals surface area contributed by atoms with Crippen LogP contribution in [0.5, 0.6) is 0 Å². The molecule has 0 aromatic rings. The van der Waals surface area contributed by atoms with E-state index in [1.807, 2.05) is 45.4 Å². The number of unbranched alkanes of at least 4 members (excludes halogenated alkanes) is 16. The smallest absolute Gasteiger partial charge is 0.456 e. The van der Waals surface area contributed by atoms with Gasteiger partial charge in [-0.05, 0) is 102 Å². The summed E-state index contributed by atoms with van der Waals surface area (Å²) in [5, 5.41) is 3.02. The molecule has 0 rings (SSSR count). The van der Waals surface area contributed by atoms with Gasteiger partial charge in [-0.25, -0.2) is 4.57 Å². The zero-order valence-electron chi connectivity index (χ0n) is 47.3. The Bertz CT molecular complexity index is 1660. The number of amides is 1. The van der Waals surface area contributed by atoms with E-state index in [-0.39, 0.29) is 25.5 Å². The fourth-order valence-corrected chi connectivity index (χ4v) is 8.24. The maximum absolute atomic E-state index is 13.5. The first-order chi connectivity index (χ1) is 35.4. The predicted molar refractivity (Wildman–Crippen MR) is 313 cm³/mol. The van der Waals surface area contributed by atoms with Gasteiger partial charge in [0.15, 0.2) is 0 Å².